The first-order valence-electron chi connectivity index (χ1n) is 6.86. The fourth-order valence-corrected chi connectivity index (χ4v) is 2.73. The first kappa shape index (κ1) is 17.9. The molecule has 0 saturated carbocycles. The van der Waals surface area contributed by atoms with Crippen LogP contribution in [0.15, 0.2) is 29.6 Å². The van der Waals surface area contributed by atoms with E-state index in [-0.39, 0.29) is 35.9 Å². The number of carbonyl (C=O) groups is 2. The second-order valence-corrected chi connectivity index (χ2v) is 5.85. The van der Waals surface area contributed by atoms with Crippen LogP contribution in [0.3, 0.4) is 0 Å². The maximum absolute atomic E-state index is 12.4. The molecule has 1 amide bonds. The minimum Gasteiger partial charge on any atom is -0.478 e. The number of amides is 1. The molecule has 1 aromatic heterocycles. The van der Waals surface area contributed by atoms with Crippen LogP contribution in [0, 0.1) is 0 Å². The number of thiazole rings is 1. The third-order valence-electron chi connectivity index (χ3n) is 3.04. The summed E-state index contributed by atoms with van der Waals surface area (Å²) in [5.41, 5.74) is -0.303. The molecule has 0 spiro atoms. The molecule has 1 aromatic carbocycles. The monoisotopic (exact) mass is 358 g/mol. The van der Waals surface area contributed by atoms with Crippen molar-refractivity contribution >= 4 is 23.2 Å². The quantitative estimate of drug-likeness (QED) is 0.832. The molecule has 2 N–H and O–H groups in total. The first-order chi connectivity index (χ1) is 11.3. The van der Waals surface area contributed by atoms with E-state index >= 15 is 0 Å². The molecule has 2 rings (SSSR count). The van der Waals surface area contributed by atoms with Gasteiger partial charge in [-0.15, -0.1) is 11.3 Å². The maximum atomic E-state index is 12.4. The van der Waals surface area contributed by atoms with Gasteiger partial charge in [0, 0.05) is 18.3 Å². The number of aromatic nitrogens is 1. The number of carbonyl (C=O) groups excluding carboxylic acids is 1. The van der Waals surface area contributed by atoms with Crippen molar-refractivity contribution in [1.82, 2.24) is 10.3 Å². The molecule has 0 aliphatic rings. The van der Waals surface area contributed by atoms with E-state index in [1.807, 2.05) is 0 Å². The van der Waals surface area contributed by atoms with Crippen LogP contribution in [-0.2, 0) is 23.8 Å². The molecular weight excluding hydrogens is 345 g/mol. The smallest absolute Gasteiger partial charge is 0.434 e. The van der Waals surface area contributed by atoms with Crippen LogP contribution in [-0.4, -0.2) is 28.5 Å². The van der Waals surface area contributed by atoms with E-state index in [9.17, 15) is 22.8 Å². The van der Waals surface area contributed by atoms with E-state index in [0.717, 1.165) is 16.7 Å². The third kappa shape index (κ3) is 5.05. The molecule has 2 aromatic rings. The molecule has 0 saturated heterocycles. The Hall–Kier alpha value is -2.42. The van der Waals surface area contributed by atoms with Crippen molar-refractivity contribution in [2.75, 3.05) is 6.54 Å². The number of hydrogen-bond acceptors (Lipinski definition) is 4. The molecule has 0 atom stereocenters. The zero-order valence-corrected chi connectivity index (χ0v) is 13.1. The summed E-state index contributed by atoms with van der Waals surface area (Å²) in [6.07, 6.45) is -4.28. The fraction of sp³-hybridized carbons (Fsp3) is 0.267. The van der Waals surface area contributed by atoms with Gasteiger partial charge in [-0.25, -0.2) is 9.78 Å². The number of benzene rings is 1. The van der Waals surface area contributed by atoms with Crippen molar-refractivity contribution in [3.8, 4) is 0 Å². The first-order valence-corrected chi connectivity index (χ1v) is 7.74. The Morgan fingerprint density at radius 1 is 1.29 bits per heavy atom. The molecule has 0 fully saturated rings. The van der Waals surface area contributed by atoms with Gasteiger partial charge in [-0.05, 0) is 17.7 Å². The summed E-state index contributed by atoms with van der Waals surface area (Å²) in [6, 6.07) is 5.99. The Bertz CT molecular complexity index is 744. The normalized spacial score (nSPS) is 11.3. The van der Waals surface area contributed by atoms with E-state index in [1.54, 1.807) is 12.1 Å². The van der Waals surface area contributed by atoms with E-state index in [1.165, 1.54) is 12.1 Å². The van der Waals surface area contributed by atoms with Crippen LogP contribution in [0.4, 0.5) is 13.2 Å². The number of aromatic carboxylic acids is 1. The van der Waals surface area contributed by atoms with E-state index < -0.39 is 17.8 Å². The zero-order chi connectivity index (χ0) is 17.7. The highest BCUT2D eigenvalue weighted by Crippen LogP contribution is 2.29. The Morgan fingerprint density at radius 2 is 2.04 bits per heavy atom. The highest BCUT2D eigenvalue weighted by atomic mass is 32.1. The predicted molar refractivity (Wildman–Crippen MR) is 80.9 cm³/mol. The van der Waals surface area contributed by atoms with Gasteiger partial charge in [0.05, 0.1) is 17.0 Å². The van der Waals surface area contributed by atoms with Crippen LogP contribution in [0.2, 0.25) is 0 Å². The second kappa shape index (κ2) is 7.43. The molecule has 5 nitrogen and oxygen atoms in total. The standard InChI is InChI=1S/C15H13F3N2O3S/c16-15(17,18)11-8-24-13(20-11)4-5-19-12(21)7-9-2-1-3-10(6-9)14(22)23/h1-3,6,8H,4-5,7H2,(H,19,21)(H,22,23). The molecular formula is C15H13F3N2O3S. The summed E-state index contributed by atoms with van der Waals surface area (Å²) in [5, 5.41) is 12.7. The van der Waals surface area contributed by atoms with Crippen LogP contribution >= 0.6 is 11.3 Å². The number of carboxylic acid groups (broad SMARTS) is 1. The number of hydrogen-bond donors (Lipinski definition) is 2. The average molecular weight is 358 g/mol. The van der Waals surface area contributed by atoms with Crippen LogP contribution in [0.5, 0.6) is 0 Å². The molecule has 0 unspecified atom stereocenters. The van der Waals surface area contributed by atoms with Gasteiger partial charge in [-0.1, -0.05) is 12.1 Å². The number of nitrogens with zero attached hydrogens (tertiary/aromatic N) is 1. The minimum atomic E-state index is -4.47. The number of carboxylic acids is 1. The number of nitrogens with one attached hydrogen (secondary N) is 1. The summed E-state index contributed by atoms with van der Waals surface area (Å²) < 4.78 is 37.2. The largest absolute Gasteiger partial charge is 0.478 e. The van der Waals surface area contributed by atoms with E-state index in [0.29, 0.717) is 5.56 Å². The van der Waals surface area contributed by atoms with Gasteiger partial charge in [-0.2, -0.15) is 13.2 Å². The van der Waals surface area contributed by atoms with Crippen molar-refractivity contribution in [3.63, 3.8) is 0 Å². The third-order valence-corrected chi connectivity index (χ3v) is 3.95. The lowest BCUT2D eigenvalue weighted by Crippen LogP contribution is -2.27. The molecule has 9 heteroatoms. The lowest BCUT2D eigenvalue weighted by Gasteiger charge is -2.05. The molecule has 1 heterocycles. The molecule has 0 aliphatic carbocycles. The van der Waals surface area contributed by atoms with Gasteiger partial charge >= 0.3 is 12.1 Å². The predicted octanol–water partition coefficient (Wildman–Crippen LogP) is 2.76. The summed E-state index contributed by atoms with van der Waals surface area (Å²) in [6.45, 7) is 0.155. The number of rotatable bonds is 6. The summed E-state index contributed by atoms with van der Waals surface area (Å²) in [5.74, 6) is -1.42. The molecule has 0 bridgehead atoms. The molecule has 0 radical (unpaired) electrons. The Morgan fingerprint density at radius 3 is 2.67 bits per heavy atom. The summed E-state index contributed by atoms with van der Waals surface area (Å²) in [7, 11) is 0. The van der Waals surface area contributed by atoms with Crippen molar-refractivity contribution in [3.05, 3.63) is 51.5 Å². The van der Waals surface area contributed by atoms with Gasteiger partial charge in [0.2, 0.25) is 5.91 Å². The summed E-state index contributed by atoms with van der Waals surface area (Å²) in [4.78, 5) is 26.1. The van der Waals surface area contributed by atoms with Crippen LogP contribution in [0.25, 0.3) is 0 Å². The number of alkyl halides is 3. The van der Waals surface area contributed by atoms with Gasteiger partial charge < -0.3 is 10.4 Å². The summed E-state index contributed by atoms with van der Waals surface area (Å²) >= 11 is 0.890. The van der Waals surface area contributed by atoms with E-state index in [2.05, 4.69) is 10.3 Å². The lowest BCUT2D eigenvalue weighted by molar-refractivity contribution is -0.140. The minimum absolute atomic E-state index is 0.00715. The SMILES string of the molecule is O=C(Cc1cccc(C(=O)O)c1)NCCc1nc(C(F)(F)F)cs1. The Kier molecular flexibility index (Phi) is 5.55. The van der Waals surface area contributed by atoms with Crippen LogP contribution < -0.4 is 5.32 Å². The van der Waals surface area contributed by atoms with Gasteiger partial charge in [0.25, 0.3) is 0 Å². The van der Waals surface area contributed by atoms with Gasteiger partial charge in [0.15, 0.2) is 5.69 Å². The second-order valence-electron chi connectivity index (χ2n) is 4.91. The fourth-order valence-electron chi connectivity index (χ4n) is 1.93. The van der Waals surface area contributed by atoms with Crippen molar-refractivity contribution < 1.29 is 27.9 Å². The van der Waals surface area contributed by atoms with Crippen LogP contribution in [0.1, 0.15) is 26.6 Å². The Labute approximate surface area is 139 Å². The van der Waals surface area contributed by atoms with Crippen molar-refractivity contribution in [2.24, 2.45) is 0 Å². The van der Waals surface area contributed by atoms with Crippen molar-refractivity contribution in [2.45, 2.75) is 19.0 Å². The molecule has 128 valence electrons. The zero-order valence-electron chi connectivity index (χ0n) is 12.3. The number of halogens is 3. The maximum Gasteiger partial charge on any atom is 0.434 e. The highest BCUT2D eigenvalue weighted by molar-refractivity contribution is 7.09. The van der Waals surface area contributed by atoms with Gasteiger partial charge in [-0.3, -0.25) is 4.79 Å². The van der Waals surface area contributed by atoms with Gasteiger partial charge in [0.1, 0.15) is 0 Å². The topological polar surface area (TPSA) is 79.3 Å². The lowest BCUT2D eigenvalue weighted by atomic mass is 10.1. The van der Waals surface area contributed by atoms with Crippen molar-refractivity contribution in [1.29, 1.82) is 0 Å². The molecule has 0 aliphatic heterocycles. The highest BCUT2D eigenvalue weighted by Gasteiger charge is 2.33. The average Bonchev–Trinajstić information content (AvgIpc) is 2.96. The molecule has 24 heavy (non-hydrogen) atoms. The Balaban J connectivity index is 1.82. The van der Waals surface area contributed by atoms with E-state index in [4.69, 9.17) is 5.11 Å².